The van der Waals surface area contributed by atoms with E-state index in [4.69, 9.17) is 16.4 Å². The van der Waals surface area contributed by atoms with Gasteiger partial charge in [0.2, 0.25) is 0 Å². The van der Waals surface area contributed by atoms with Crippen LogP contribution in [0.15, 0.2) is 30.6 Å². The lowest BCUT2D eigenvalue weighted by molar-refractivity contribution is 0.0271. The minimum Gasteiger partial charge on any atom is -0.352 e. The van der Waals surface area contributed by atoms with E-state index in [2.05, 4.69) is 20.7 Å². The van der Waals surface area contributed by atoms with Gasteiger partial charge in [-0.1, -0.05) is 11.6 Å². The summed E-state index contributed by atoms with van der Waals surface area (Å²) in [4.78, 5) is 25.2. The second-order valence-corrected chi connectivity index (χ2v) is 9.67. The maximum Gasteiger partial charge on any atom is 0.277 e. The average Bonchev–Trinajstić information content (AvgIpc) is 3.31. The molecule has 0 radical (unpaired) electrons. The van der Waals surface area contributed by atoms with Crippen LogP contribution in [0, 0.1) is 18.7 Å². The number of aryl methyl sites for hydroxylation is 1. The van der Waals surface area contributed by atoms with E-state index < -0.39 is 11.7 Å². The Bertz CT molecular complexity index is 1200. The van der Waals surface area contributed by atoms with Gasteiger partial charge in [0.25, 0.3) is 5.91 Å². The quantitative estimate of drug-likeness (QED) is 0.415. The maximum atomic E-state index is 15.8. The third kappa shape index (κ3) is 5.04. The van der Waals surface area contributed by atoms with Crippen LogP contribution in [0.25, 0.3) is 11.0 Å². The third-order valence-electron chi connectivity index (χ3n) is 6.59. The average molecular weight is 486 g/mol. The molecule has 2 heterocycles. The number of anilines is 2. The van der Waals surface area contributed by atoms with Crippen molar-refractivity contribution in [2.45, 2.75) is 39.2 Å². The van der Waals surface area contributed by atoms with Crippen molar-refractivity contribution in [3.05, 3.63) is 52.6 Å². The molecular formula is C25H29ClFN5O2. The molecule has 5 rings (SSSR count). The Kier molecular flexibility index (Phi) is 6.72. The zero-order chi connectivity index (χ0) is 23.7. The van der Waals surface area contributed by atoms with Gasteiger partial charge in [-0.15, -0.1) is 0 Å². The smallest absolute Gasteiger partial charge is 0.277 e. The summed E-state index contributed by atoms with van der Waals surface area (Å²) in [7, 11) is 0. The summed E-state index contributed by atoms with van der Waals surface area (Å²) >= 11 is 6.08. The number of hydroxylamine groups is 1. The van der Waals surface area contributed by atoms with E-state index in [1.54, 1.807) is 30.6 Å². The van der Waals surface area contributed by atoms with Gasteiger partial charge in [0.1, 0.15) is 5.52 Å². The van der Waals surface area contributed by atoms with Crippen molar-refractivity contribution in [2.24, 2.45) is 5.92 Å². The molecule has 9 heteroatoms. The predicted octanol–water partition coefficient (Wildman–Crippen LogP) is 5.05. The molecule has 1 saturated heterocycles. The van der Waals surface area contributed by atoms with Gasteiger partial charge in [-0.3, -0.25) is 9.63 Å². The zero-order valence-corrected chi connectivity index (χ0v) is 20.0. The van der Waals surface area contributed by atoms with Gasteiger partial charge in [-0.2, -0.15) is 0 Å². The Hall–Kier alpha value is -2.68. The number of amides is 1. The summed E-state index contributed by atoms with van der Waals surface area (Å²) in [6, 6.07) is 6.96. The number of hydrogen-bond donors (Lipinski definition) is 2. The van der Waals surface area contributed by atoms with Crippen LogP contribution in [0.4, 0.5) is 15.8 Å². The molecule has 34 heavy (non-hydrogen) atoms. The van der Waals surface area contributed by atoms with Crippen LogP contribution in [0.1, 0.15) is 41.6 Å². The summed E-state index contributed by atoms with van der Waals surface area (Å²) in [5, 5.41) is 3.68. The zero-order valence-electron chi connectivity index (χ0n) is 19.2. The fourth-order valence-electron chi connectivity index (χ4n) is 4.36. The van der Waals surface area contributed by atoms with Crippen LogP contribution in [0.5, 0.6) is 0 Å². The fourth-order valence-corrected chi connectivity index (χ4v) is 4.59. The number of benzene rings is 2. The van der Waals surface area contributed by atoms with Crippen LogP contribution in [0.2, 0.25) is 5.02 Å². The first kappa shape index (κ1) is 23.1. The van der Waals surface area contributed by atoms with E-state index >= 15 is 4.39 Å². The molecular weight excluding hydrogens is 457 g/mol. The maximum absolute atomic E-state index is 15.8. The van der Waals surface area contributed by atoms with Crippen LogP contribution >= 0.6 is 11.6 Å². The molecule has 180 valence electrons. The highest BCUT2D eigenvalue weighted by Gasteiger charge is 2.25. The lowest BCUT2D eigenvalue weighted by Gasteiger charge is -2.17. The molecule has 3 aromatic rings. The second-order valence-electron chi connectivity index (χ2n) is 9.24. The van der Waals surface area contributed by atoms with Gasteiger partial charge >= 0.3 is 0 Å². The van der Waals surface area contributed by atoms with E-state index in [0.29, 0.717) is 35.3 Å². The molecule has 0 bridgehead atoms. The summed E-state index contributed by atoms with van der Waals surface area (Å²) in [5.41, 5.74) is 5.03. The van der Waals surface area contributed by atoms with E-state index in [1.807, 2.05) is 11.5 Å². The van der Waals surface area contributed by atoms with E-state index in [9.17, 15) is 4.79 Å². The summed E-state index contributed by atoms with van der Waals surface area (Å²) < 4.78 is 17.7. The van der Waals surface area contributed by atoms with Crippen LogP contribution in [-0.2, 0) is 11.4 Å². The highest BCUT2D eigenvalue weighted by atomic mass is 35.5. The van der Waals surface area contributed by atoms with Crippen molar-refractivity contribution >= 4 is 39.9 Å². The molecule has 2 fully saturated rings. The molecule has 0 spiro atoms. The monoisotopic (exact) mass is 485 g/mol. The Morgan fingerprint density at radius 2 is 2.03 bits per heavy atom. The van der Waals surface area contributed by atoms with Gasteiger partial charge in [0.15, 0.2) is 5.82 Å². The number of likely N-dealkylation sites (tertiary alicyclic amines) is 1. The highest BCUT2D eigenvalue weighted by molar-refractivity contribution is 6.30. The number of imidazole rings is 1. The molecule has 0 unspecified atom stereocenters. The Balaban J connectivity index is 1.48. The lowest BCUT2D eigenvalue weighted by Crippen LogP contribution is -2.26. The molecule has 2 aliphatic rings. The Labute approximate surface area is 203 Å². The number of aromatic nitrogens is 2. The molecule has 0 atom stereocenters. The van der Waals surface area contributed by atoms with Crippen molar-refractivity contribution in [2.75, 3.05) is 31.6 Å². The number of rotatable bonds is 9. The fraction of sp³-hybridized carbons (Fsp3) is 0.440. The molecule has 1 aliphatic carbocycles. The molecule has 7 nitrogen and oxygen atoms in total. The van der Waals surface area contributed by atoms with Crippen LogP contribution in [0.3, 0.4) is 0 Å². The van der Waals surface area contributed by atoms with Crippen molar-refractivity contribution < 1.29 is 14.0 Å². The second kappa shape index (κ2) is 9.90. The molecule has 1 saturated carbocycles. The predicted molar refractivity (Wildman–Crippen MR) is 131 cm³/mol. The molecule has 1 aliphatic heterocycles. The normalized spacial score (nSPS) is 16.3. The first-order chi connectivity index (χ1) is 16.5. The number of nitrogens with zero attached hydrogens (tertiary/aromatic N) is 3. The Morgan fingerprint density at radius 3 is 2.76 bits per heavy atom. The van der Waals surface area contributed by atoms with Gasteiger partial charge in [0.05, 0.1) is 29.7 Å². The summed E-state index contributed by atoms with van der Waals surface area (Å²) in [6.07, 6.45) is 6.28. The van der Waals surface area contributed by atoms with E-state index in [0.717, 1.165) is 38.0 Å². The minimum atomic E-state index is -0.570. The molecule has 1 aromatic heterocycles. The SMILES string of the molecule is Cc1cc(Cl)ccc1Nc1c(C(=O)NOCC2CC2)cc2c(ncn2CCN2CCCC2)c1F. The first-order valence-corrected chi connectivity index (χ1v) is 12.2. The van der Waals surface area contributed by atoms with Crippen LogP contribution < -0.4 is 10.8 Å². The van der Waals surface area contributed by atoms with Gasteiger partial charge in [-0.05, 0) is 81.4 Å². The molecule has 2 N–H and O–H groups in total. The van der Waals surface area contributed by atoms with Gasteiger partial charge < -0.3 is 14.8 Å². The van der Waals surface area contributed by atoms with Crippen molar-refractivity contribution in [1.29, 1.82) is 0 Å². The number of halogens is 2. The van der Waals surface area contributed by atoms with Crippen molar-refractivity contribution in [3.8, 4) is 0 Å². The van der Waals surface area contributed by atoms with Gasteiger partial charge in [-0.25, -0.2) is 14.9 Å². The van der Waals surface area contributed by atoms with Crippen molar-refractivity contribution in [3.63, 3.8) is 0 Å². The number of carbonyl (C=O) groups is 1. The number of carbonyl (C=O) groups excluding carboxylic acids is 1. The summed E-state index contributed by atoms with van der Waals surface area (Å²) in [5.74, 6) is -0.581. The number of fused-ring (bicyclic) bond motifs is 1. The molecule has 2 aromatic carbocycles. The standard InChI is InChI=1S/C25H29ClFN5O2/c1-16-12-18(26)6-7-20(16)29-23-19(25(33)30-34-14-17-4-5-17)13-21-24(22(23)27)28-15-32(21)11-10-31-8-2-3-9-31/h6-7,12-13,15,17,29H,2-5,8-11,14H2,1H3,(H,30,33). The Morgan fingerprint density at radius 1 is 1.24 bits per heavy atom. The number of hydrogen-bond acceptors (Lipinski definition) is 5. The summed E-state index contributed by atoms with van der Waals surface area (Å²) in [6.45, 7) is 6.05. The number of nitrogens with one attached hydrogen (secondary N) is 2. The van der Waals surface area contributed by atoms with E-state index in [-0.39, 0.29) is 16.8 Å². The van der Waals surface area contributed by atoms with E-state index in [1.165, 1.54) is 12.8 Å². The van der Waals surface area contributed by atoms with Gasteiger partial charge in [0, 0.05) is 23.8 Å². The third-order valence-corrected chi connectivity index (χ3v) is 6.82. The van der Waals surface area contributed by atoms with Crippen molar-refractivity contribution in [1.82, 2.24) is 19.9 Å². The minimum absolute atomic E-state index is 0.0650. The largest absolute Gasteiger partial charge is 0.352 e. The molecule has 1 amide bonds. The van der Waals surface area contributed by atoms with Crippen LogP contribution in [-0.4, -0.2) is 46.6 Å². The lowest BCUT2D eigenvalue weighted by atomic mass is 10.1. The topological polar surface area (TPSA) is 71.4 Å². The highest BCUT2D eigenvalue weighted by Crippen LogP contribution is 2.33. The first-order valence-electron chi connectivity index (χ1n) is 11.8.